The average molecular weight is 420 g/mol. The monoisotopic (exact) mass is 420 g/mol. The second kappa shape index (κ2) is 4.57. The van der Waals surface area contributed by atoms with Gasteiger partial charge in [-0.25, -0.2) is 0 Å². The molecule has 6 heteroatoms. The molecule has 160 valence electrons. The molecule has 0 bridgehead atoms. The molecule has 0 N–H and O–H groups in total. The molecule has 8 rings (SSSR count). The standard InChI is InChI=1S/C25H24O6/c1-29-23-18-8-6-10-4-5-11(20(10)24(27)30-2)7-9(13(5)21(12(4)8)25(28)31-3)19(23)15-14(18)16(6)22(26)17(7)15/h4-5,10-21,23H,1-3H3. The predicted octanol–water partition coefficient (Wildman–Crippen LogP) is 1.26. The molecule has 0 aromatic carbocycles. The number of esters is 2. The van der Waals surface area contributed by atoms with E-state index in [1.165, 1.54) is 36.5 Å². The van der Waals surface area contributed by atoms with Crippen molar-refractivity contribution in [3.8, 4) is 0 Å². The zero-order chi connectivity index (χ0) is 20.8. The van der Waals surface area contributed by atoms with Crippen molar-refractivity contribution < 1.29 is 28.6 Å². The Bertz CT molecular complexity index is 1060. The number of fused-ring (bicyclic) bond motifs is 8. The van der Waals surface area contributed by atoms with E-state index in [1.54, 1.807) is 0 Å². The van der Waals surface area contributed by atoms with Crippen molar-refractivity contribution in [2.45, 2.75) is 6.10 Å². The molecule has 6 nitrogen and oxygen atoms in total. The molecule has 0 aromatic rings. The molecule has 0 amide bonds. The van der Waals surface area contributed by atoms with Crippen LogP contribution in [0.1, 0.15) is 0 Å². The highest BCUT2D eigenvalue weighted by Crippen LogP contribution is 2.87. The number of ether oxygens (including phenoxy) is 3. The minimum Gasteiger partial charge on any atom is -0.469 e. The van der Waals surface area contributed by atoms with Crippen LogP contribution in [0.3, 0.4) is 0 Å². The van der Waals surface area contributed by atoms with Gasteiger partial charge in [-0.2, -0.15) is 0 Å². The predicted molar refractivity (Wildman–Crippen MR) is 103 cm³/mol. The van der Waals surface area contributed by atoms with Gasteiger partial charge in [0.25, 0.3) is 0 Å². The summed E-state index contributed by atoms with van der Waals surface area (Å²) in [7, 11) is 4.83. The first-order chi connectivity index (χ1) is 15.1. The van der Waals surface area contributed by atoms with Crippen LogP contribution in [0.4, 0.5) is 0 Å². The molecule has 12 unspecified atom stereocenters. The Labute approximate surface area is 179 Å². The van der Waals surface area contributed by atoms with Gasteiger partial charge >= 0.3 is 11.9 Å². The molecule has 0 heterocycles. The van der Waals surface area contributed by atoms with Crippen LogP contribution in [0.2, 0.25) is 0 Å². The van der Waals surface area contributed by atoms with Crippen LogP contribution in [0.15, 0.2) is 22.3 Å². The van der Waals surface area contributed by atoms with E-state index in [-0.39, 0.29) is 89.1 Å². The first-order valence-electron chi connectivity index (χ1n) is 11.8. The molecule has 8 aliphatic rings. The molecule has 0 radical (unpaired) electrons. The Morgan fingerprint density at radius 1 is 0.613 bits per heavy atom. The van der Waals surface area contributed by atoms with Crippen LogP contribution in [0, 0.1) is 82.9 Å². The van der Waals surface area contributed by atoms with E-state index in [0.717, 1.165) is 0 Å². The zero-order valence-corrected chi connectivity index (χ0v) is 17.6. The minimum atomic E-state index is -0.183. The first-order valence-corrected chi connectivity index (χ1v) is 11.8. The van der Waals surface area contributed by atoms with E-state index in [4.69, 9.17) is 14.2 Å². The van der Waals surface area contributed by atoms with Crippen LogP contribution in [0.5, 0.6) is 0 Å². The number of Topliss-reactive ketones (excluding diaryl/α,β-unsaturated/α-hetero) is 1. The number of hydrogen-bond donors (Lipinski definition) is 0. The van der Waals surface area contributed by atoms with Gasteiger partial charge in [-0.3, -0.25) is 14.4 Å². The van der Waals surface area contributed by atoms with E-state index >= 15 is 0 Å². The Kier molecular flexibility index (Phi) is 2.45. The van der Waals surface area contributed by atoms with Gasteiger partial charge in [0.2, 0.25) is 0 Å². The minimum absolute atomic E-state index is 0.0597. The number of carbonyl (C=O) groups is 3. The van der Waals surface area contributed by atoms with Crippen molar-refractivity contribution >= 4 is 17.7 Å². The van der Waals surface area contributed by atoms with Crippen LogP contribution < -0.4 is 0 Å². The summed E-state index contributed by atoms with van der Waals surface area (Å²) in [5.74, 6) is 1.67. The molecule has 0 spiro atoms. The highest BCUT2D eigenvalue weighted by atomic mass is 16.5. The topological polar surface area (TPSA) is 78.9 Å². The normalized spacial score (nSPS) is 60.6. The van der Waals surface area contributed by atoms with Crippen LogP contribution in [0.25, 0.3) is 0 Å². The Morgan fingerprint density at radius 2 is 1.03 bits per heavy atom. The maximum Gasteiger partial charge on any atom is 0.309 e. The molecule has 4 saturated carbocycles. The lowest BCUT2D eigenvalue weighted by molar-refractivity contribution is -0.149. The zero-order valence-electron chi connectivity index (χ0n) is 17.6. The largest absolute Gasteiger partial charge is 0.469 e. The van der Waals surface area contributed by atoms with E-state index in [0.29, 0.717) is 17.6 Å². The van der Waals surface area contributed by atoms with Gasteiger partial charge in [0.15, 0.2) is 0 Å². The Balaban J connectivity index is 1.44. The lowest BCUT2D eigenvalue weighted by atomic mass is 9.71. The van der Waals surface area contributed by atoms with Crippen molar-refractivity contribution in [1.29, 1.82) is 0 Å². The highest BCUT2D eigenvalue weighted by Gasteiger charge is 2.86. The Hall–Kier alpha value is -1.95. The third-order valence-electron chi connectivity index (χ3n) is 11.7. The second-order valence-corrected chi connectivity index (χ2v) is 11.4. The average Bonchev–Trinajstić information content (AvgIpc) is 3.54. The lowest BCUT2D eigenvalue weighted by Gasteiger charge is -2.35. The number of methoxy groups -OCH3 is 3. The number of carbonyl (C=O) groups excluding carboxylic acids is 3. The van der Waals surface area contributed by atoms with Gasteiger partial charge in [-0.05, 0) is 47.3 Å². The smallest absolute Gasteiger partial charge is 0.309 e. The fourth-order valence-corrected chi connectivity index (χ4v) is 12.0. The summed E-state index contributed by atoms with van der Waals surface area (Å²) in [5.41, 5.74) is 5.19. The van der Waals surface area contributed by atoms with Gasteiger partial charge < -0.3 is 14.2 Å². The van der Waals surface area contributed by atoms with E-state index < -0.39 is 0 Å². The van der Waals surface area contributed by atoms with E-state index in [2.05, 4.69) is 0 Å². The van der Waals surface area contributed by atoms with Gasteiger partial charge in [-0.1, -0.05) is 22.3 Å². The van der Waals surface area contributed by atoms with Crippen LogP contribution in [-0.2, 0) is 28.6 Å². The van der Waals surface area contributed by atoms with Crippen molar-refractivity contribution in [1.82, 2.24) is 0 Å². The van der Waals surface area contributed by atoms with Crippen molar-refractivity contribution in [3.05, 3.63) is 22.3 Å². The molecule has 31 heavy (non-hydrogen) atoms. The van der Waals surface area contributed by atoms with Gasteiger partial charge in [0.05, 0.1) is 32.2 Å². The molecule has 0 saturated heterocycles. The summed E-state index contributed by atoms with van der Waals surface area (Å²) in [6.07, 6.45) is 0.114. The second-order valence-electron chi connectivity index (χ2n) is 11.4. The molecule has 12 atom stereocenters. The third kappa shape index (κ3) is 1.24. The molecular formula is C25H24O6. The third-order valence-corrected chi connectivity index (χ3v) is 11.7. The summed E-state index contributed by atoms with van der Waals surface area (Å²) in [4.78, 5) is 40.4. The van der Waals surface area contributed by atoms with Crippen LogP contribution >= 0.6 is 0 Å². The highest BCUT2D eigenvalue weighted by molar-refractivity contribution is 5.97. The first kappa shape index (κ1) is 16.7. The molecule has 0 aliphatic heterocycles. The number of rotatable bonds is 3. The maximum absolute atomic E-state index is 13.9. The van der Waals surface area contributed by atoms with Gasteiger partial charge in [-0.15, -0.1) is 0 Å². The Morgan fingerprint density at radius 3 is 1.42 bits per heavy atom. The lowest BCUT2D eigenvalue weighted by Crippen LogP contribution is -2.39. The molecule has 8 aliphatic carbocycles. The van der Waals surface area contributed by atoms with Crippen molar-refractivity contribution in [3.63, 3.8) is 0 Å². The quantitative estimate of drug-likeness (QED) is 0.505. The van der Waals surface area contributed by atoms with Gasteiger partial charge in [0, 0.05) is 30.8 Å². The van der Waals surface area contributed by atoms with E-state index in [9.17, 15) is 14.4 Å². The summed E-state index contributed by atoms with van der Waals surface area (Å²) < 4.78 is 17.0. The van der Waals surface area contributed by atoms with Gasteiger partial charge in [0.1, 0.15) is 5.78 Å². The summed E-state index contributed by atoms with van der Waals surface area (Å²) in [6.45, 7) is 0. The summed E-state index contributed by atoms with van der Waals surface area (Å²) in [6, 6.07) is 0. The molecular weight excluding hydrogens is 396 g/mol. The molecule has 4 fully saturated rings. The summed E-state index contributed by atoms with van der Waals surface area (Å²) >= 11 is 0. The van der Waals surface area contributed by atoms with Crippen LogP contribution in [-0.4, -0.2) is 45.2 Å². The fraction of sp³-hybridized carbons (Fsp3) is 0.720. The van der Waals surface area contributed by atoms with E-state index in [1.807, 2.05) is 7.11 Å². The van der Waals surface area contributed by atoms with Crippen molar-refractivity contribution in [2.75, 3.05) is 21.3 Å². The SMILES string of the molecule is COC(=O)C1C2C3=C4C5C(OC)C6C7=C(C8C(=O)C3C5C86)C1C1C7C(C(=O)OC)C4C21. The summed E-state index contributed by atoms with van der Waals surface area (Å²) in [5, 5.41) is 0. The number of hydrogen-bond acceptors (Lipinski definition) is 6. The molecule has 0 aromatic heterocycles. The van der Waals surface area contributed by atoms with Crippen molar-refractivity contribution in [2.24, 2.45) is 82.9 Å². The number of allylic oxidation sites excluding steroid dienone is 2. The number of ketones is 1. The fourth-order valence-electron chi connectivity index (χ4n) is 12.0. The maximum atomic E-state index is 13.9.